The number of carbonyl (C=O) groups is 1. The van der Waals surface area contributed by atoms with Gasteiger partial charge in [-0.1, -0.05) is 27.5 Å². The molecule has 0 saturated carbocycles. The second-order valence-electron chi connectivity index (χ2n) is 3.15. The maximum absolute atomic E-state index is 12.7. The topological polar surface area (TPSA) is 39.2 Å². The van der Waals surface area contributed by atoms with Gasteiger partial charge >= 0.3 is 5.97 Å². The number of hydrogen-bond acceptors (Lipinski definition) is 3. The lowest BCUT2D eigenvalue weighted by atomic mass is 10.1. The number of rotatable bonds is 4. The van der Waals surface area contributed by atoms with Crippen LogP contribution in [0.25, 0.3) is 0 Å². The standard InChI is InChI=1S/C10H9BrClF2NO2/c1-17-8(16)3-5-2-7(12)6(4-11)9(15-5)10(13)14/h2,10H,3-4H2,1H3. The predicted molar refractivity (Wildman–Crippen MR) is 62.6 cm³/mol. The van der Waals surface area contributed by atoms with Crippen LogP contribution in [-0.4, -0.2) is 18.1 Å². The van der Waals surface area contributed by atoms with Crippen LogP contribution < -0.4 is 0 Å². The molecule has 0 aliphatic heterocycles. The van der Waals surface area contributed by atoms with Crippen LogP contribution in [0.15, 0.2) is 6.07 Å². The van der Waals surface area contributed by atoms with E-state index in [4.69, 9.17) is 11.6 Å². The van der Waals surface area contributed by atoms with E-state index >= 15 is 0 Å². The smallest absolute Gasteiger partial charge is 0.311 e. The molecule has 0 bridgehead atoms. The average molecular weight is 329 g/mol. The summed E-state index contributed by atoms with van der Waals surface area (Å²) in [4.78, 5) is 14.8. The Labute approximate surface area is 110 Å². The molecular formula is C10H9BrClF2NO2. The van der Waals surface area contributed by atoms with Gasteiger partial charge in [0.2, 0.25) is 0 Å². The molecule has 0 N–H and O–H groups in total. The molecule has 0 aliphatic carbocycles. The van der Waals surface area contributed by atoms with E-state index in [0.717, 1.165) is 0 Å². The molecule has 7 heteroatoms. The molecule has 0 radical (unpaired) electrons. The van der Waals surface area contributed by atoms with E-state index in [1.807, 2.05) is 0 Å². The summed E-state index contributed by atoms with van der Waals surface area (Å²) in [6.07, 6.45) is -2.92. The van der Waals surface area contributed by atoms with Gasteiger partial charge in [-0.05, 0) is 6.07 Å². The highest BCUT2D eigenvalue weighted by molar-refractivity contribution is 9.08. The van der Waals surface area contributed by atoms with Gasteiger partial charge in [0, 0.05) is 15.9 Å². The second kappa shape index (κ2) is 6.26. The summed E-state index contributed by atoms with van der Waals surface area (Å²) in [7, 11) is 1.21. The van der Waals surface area contributed by atoms with Crippen molar-refractivity contribution in [2.24, 2.45) is 0 Å². The Morgan fingerprint density at radius 1 is 1.65 bits per heavy atom. The van der Waals surface area contributed by atoms with Crippen LogP contribution in [0.5, 0.6) is 0 Å². The van der Waals surface area contributed by atoms with Crippen molar-refractivity contribution < 1.29 is 18.3 Å². The summed E-state index contributed by atoms with van der Waals surface area (Å²) in [6.45, 7) is 0. The molecule has 0 spiro atoms. The molecule has 0 aromatic carbocycles. The van der Waals surface area contributed by atoms with Gasteiger partial charge < -0.3 is 4.74 Å². The molecule has 0 amide bonds. The summed E-state index contributed by atoms with van der Waals surface area (Å²) < 4.78 is 29.9. The highest BCUT2D eigenvalue weighted by Gasteiger charge is 2.19. The summed E-state index contributed by atoms with van der Waals surface area (Å²) in [5, 5.41) is 0.336. The van der Waals surface area contributed by atoms with Crippen molar-refractivity contribution in [3.8, 4) is 0 Å². The lowest BCUT2D eigenvalue weighted by molar-refractivity contribution is -0.139. The molecule has 1 aromatic heterocycles. The highest BCUT2D eigenvalue weighted by atomic mass is 79.9. The molecule has 0 atom stereocenters. The zero-order chi connectivity index (χ0) is 13.0. The number of nitrogens with zero attached hydrogens (tertiary/aromatic N) is 1. The molecule has 0 unspecified atom stereocenters. The molecule has 94 valence electrons. The number of ether oxygens (including phenoxy) is 1. The van der Waals surface area contributed by atoms with Crippen molar-refractivity contribution in [3.63, 3.8) is 0 Å². The minimum Gasteiger partial charge on any atom is -0.469 e. The molecule has 0 saturated heterocycles. The molecule has 3 nitrogen and oxygen atoms in total. The van der Waals surface area contributed by atoms with Crippen molar-refractivity contribution in [2.75, 3.05) is 7.11 Å². The van der Waals surface area contributed by atoms with Crippen LogP contribution in [0.2, 0.25) is 5.02 Å². The summed E-state index contributed by atoms with van der Waals surface area (Å²) in [6, 6.07) is 1.39. The summed E-state index contributed by atoms with van der Waals surface area (Å²) in [5.74, 6) is -0.555. The largest absolute Gasteiger partial charge is 0.469 e. The van der Waals surface area contributed by atoms with E-state index in [1.54, 1.807) is 0 Å². The van der Waals surface area contributed by atoms with E-state index < -0.39 is 18.1 Å². The molecular weight excluding hydrogens is 319 g/mol. The second-order valence-corrected chi connectivity index (χ2v) is 4.11. The first-order valence-electron chi connectivity index (χ1n) is 4.58. The van der Waals surface area contributed by atoms with E-state index in [9.17, 15) is 13.6 Å². The molecule has 1 heterocycles. The van der Waals surface area contributed by atoms with Gasteiger partial charge in [0.25, 0.3) is 6.43 Å². The van der Waals surface area contributed by atoms with E-state index in [1.165, 1.54) is 13.2 Å². The monoisotopic (exact) mass is 327 g/mol. The zero-order valence-electron chi connectivity index (χ0n) is 8.84. The number of halogens is 4. The van der Waals surface area contributed by atoms with E-state index in [-0.39, 0.29) is 28.0 Å². The van der Waals surface area contributed by atoms with Gasteiger partial charge in [-0.15, -0.1) is 0 Å². The van der Waals surface area contributed by atoms with E-state index in [0.29, 0.717) is 0 Å². The first-order valence-corrected chi connectivity index (χ1v) is 6.08. The van der Waals surface area contributed by atoms with Crippen molar-refractivity contribution in [1.82, 2.24) is 4.98 Å². The zero-order valence-corrected chi connectivity index (χ0v) is 11.2. The van der Waals surface area contributed by atoms with Crippen LogP contribution >= 0.6 is 27.5 Å². The Bertz CT molecular complexity index is 429. The summed E-state index contributed by atoms with van der Waals surface area (Å²) >= 11 is 8.92. The van der Waals surface area contributed by atoms with Gasteiger partial charge in [0.05, 0.1) is 19.2 Å². The van der Waals surface area contributed by atoms with Crippen molar-refractivity contribution in [2.45, 2.75) is 18.2 Å². The Morgan fingerprint density at radius 3 is 2.76 bits per heavy atom. The van der Waals surface area contributed by atoms with Gasteiger partial charge in [-0.25, -0.2) is 8.78 Å². The van der Waals surface area contributed by atoms with Crippen LogP contribution in [-0.2, 0) is 21.3 Å². The number of aromatic nitrogens is 1. The number of carbonyl (C=O) groups excluding carboxylic acids is 1. The fourth-order valence-corrected chi connectivity index (χ4v) is 2.27. The molecule has 1 aromatic rings. The van der Waals surface area contributed by atoms with Crippen molar-refractivity contribution in [3.05, 3.63) is 28.0 Å². The fourth-order valence-electron chi connectivity index (χ4n) is 1.23. The van der Waals surface area contributed by atoms with Crippen LogP contribution in [0.4, 0.5) is 8.78 Å². The minimum atomic E-state index is -2.74. The Morgan fingerprint density at radius 2 is 2.29 bits per heavy atom. The van der Waals surface area contributed by atoms with Gasteiger partial charge in [0.15, 0.2) is 0 Å². The maximum Gasteiger partial charge on any atom is 0.311 e. The van der Waals surface area contributed by atoms with Crippen LogP contribution in [0, 0.1) is 0 Å². The molecule has 1 rings (SSSR count). The first kappa shape index (κ1) is 14.3. The molecule has 0 aliphatic rings. The van der Waals surface area contributed by atoms with Gasteiger partial charge in [0.1, 0.15) is 5.69 Å². The SMILES string of the molecule is COC(=O)Cc1cc(Cl)c(CBr)c(C(F)F)n1. The number of esters is 1. The molecule has 17 heavy (non-hydrogen) atoms. The number of hydrogen-bond donors (Lipinski definition) is 0. The van der Waals surface area contributed by atoms with Gasteiger partial charge in [-0.2, -0.15) is 0 Å². The average Bonchev–Trinajstić information content (AvgIpc) is 2.28. The van der Waals surface area contributed by atoms with E-state index in [2.05, 4.69) is 25.7 Å². The maximum atomic E-state index is 12.7. The summed E-state index contributed by atoms with van der Waals surface area (Å²) in [5.41, 5.74) is -0.00888. The number of pyridine rings is 1. The Balaban J connectivity index is 3.15. The Hall–Kier alpha value is -0.750. The predicted octanol–water partition coefficient (Wildman–Crippen LogP) is 3.28. The number of methoxy groups -OCH3 is 1. The first-order chi connectivity index (χ1) is 7.99. The third-order valence-electron chi connectivity index (χ3n) is 2.05. The lowest BCUT2D eigenvalue weighted by Crippen LogP contribution is -2.09. The normalized spacial score (nSPS) is 10.7. The van der Waals surface area contributed by atoms with Crippen molar-refractivity contribution in [1.29, 1.82) is 0 Å². The van der Waals surface area contributed by atoms with Crippen molar-refractivity contribution >= 4 is 33.5 Å². The minimum absolute atomic E-state index is 0.158. The highest BCUT2D eigenvalue weighted by Crippen LogP contribution is 2.29. The third kappa shape index (κ3) is 3.61. The van der Waals surface area contributed by atoms with Gasteiger partial charge in [-0.3, -0.25) is 9.78 Å². The fraction of sp³-hybridized carbons (Fsp3) is 0.400. The molecule has 0 fully saturated rings. The Kier molecular flexibility index (Phi) is 5.27. The van der Waals surface area contributed by atoms with Crippen LogP contribution in [0.1, 0.15) is 23.4 Å². The quantitative estimate of drug-likeness (QED) is 0.629. The lowest BCUT2D eigenvalue weighted by Gasteiger charge is -2.10. The number of alkyl halides is 3. The van der Waals surface area contributed by atoms with Crippen LogP contribution in [0.3, 0.4) is 0 Å². The third-order valence-corrected chi connectivity index (χ3v) is 2.95.